The Morgan fingerprint density at radius 3 is 2.42 bits per heavy atom. The third kappa shape index (κ3) is 3.65. The number of anilines is 1. The van der Waals surface area contributed by atoms with Crippen LogP contribution in [0.25, 0.3) is 0 Å². The van der Waals surface area contributed by atoms with Gasteiger partial charge in [-0.1, -0.05) is 18.2 Å². The van der Waals surface area contributed by atoms with Crippen molar-refractivity contribution in [3.8, 4) is 17.2 Å². The molecular weight excluding hydrogens is 460 g/mol. The Morgan fingerprint density at radius 2 is 1.69 bits per heavy atom. The van der Waals surface area contributed by atoms with E-state index in [0.29, 0.717) is 50.1 Å². The number of carbonyl (C=O) groups excluding carboxylic acids is 2. The molecule has 0 bridgehead atoms. The molecule has 1 spiro atoms. The van der Waals surface area contributed by atoms with E-state index in [1.807, 2.05) is 62.1 Å². The Hall–Kier alpha value is -3.42. The van der Waals surface area contributed by atoms with E-state index in [2.05, 4.69) is 0 Å². The molecule has 0 radical (unpaired) electrons. The summed E-state index contributed by atoms with van der Waals surface area (Å²) in [5, 5.41) is 0. The number of rotatable bonds is 2. The van der Waals surface area contributed by atoms with Crippen molar-refractivity contribution in [2.45, 2.75) is 44.6 Å². The SMILES string of the molecule is CC(C)(C)OC(=O)N1CCC(CN2C(=O)C3(COc4cc5c(cc43)OCCO5)c3ccccc32)CC1. The van der Waals surface area contributed by atoms with E-state index in [4.69, 9.17) is 18.9 Å². The summed E-state index contributed by atoms with van der Waals surface area (Å²) >= 11 is 0. The second kappa shape index (κ2) is 8.32. The van der Waals surface area contributed by atoms with Crippen LogP contribution in [0.3, 0.4) is 0 Å². The van der Waals surface area contributed by atoms with Gasteiger partial charge in [0.15, 0.2) is 11.5 Å². The first-order valence-corrected chi connectivity index (χ1v) is 12.7. The first-order valence-electron chi connectivity index (χ1n) is 12.7. The molecule has 2 aromatic carbocycles. The Bertz CT molecular complexity index is 1210. The number of fused-ring (bicyclic) bond motifs is 5. The van der Waals surface area contributed by atoms with Gasteiger partial charge in [-0.05, 0) is 57.2 Å². The molecule has 4 aliphatic rings. The van der Waals surface area contributed by atoms with Crippen molar-refractivity contribution in [3.05, 3.63) is 47.5 Å². The standard InChI is InChI=1S/C28H32N2O6/c1-27(2,3)36-26(32)29-10-8-18(9-11-29)16-30-21-7-5-4-6-19(21)28(25(30)31)17-35-22-15-24-23(14-20(22)28)33-12-13-34-24/h4-7,14-15,18H,8-13,16-17H2,1-3H3. The van der Waals surface area contributed by atoms with Crippen LogP contribution in [0.2, 0.25) is 0 Å². The summed E-state index contributed by atoms with van der Waals surface area (Å²) in [5.74, 6) is 2.31. The van der Waals surface area contributed by atoms with E-state index in [1.54, 1.807) is 4.90 Å². The van der Waals surface area contributed by atoms with Crippen LogP contribution < -0.4 is 19.1 Å². The lowest BCUT2D eigenvalue weighted by atomic mass is 9.77. The van der Waals surface area contributed by atoms with Crippen LogP contribution in [0, 0.1) is 5.92 Å². The second-order valence-corrected chi connectivity index (χ2v) is 11.0. The highest BCUT2D eigenvalue weighted by molar-refractivity contribution is 6.11. The fraction of sp³-hybridized carbons (Fsp3) is 0.500. The third-order valence-electron chi connectivity index (χ3n) is 7.52. The average Bonchev–Trinajstić information content (AvgIpc) is 3.34. The topological polar surface area (TPSA) is 77.5 Å². The van der Waals surface area contributed by atoms with E-state index in [1.165, 1.54) is 0 Å². The van der Waals surface area contributed by atoms with E-state index in [9.17, 15) is 9.59 Å². The number of likely N-dealkylation sites (tertiary alicyclic amines) is 1. The lowest BCUT2D eigenvalue weighted by Crippen LogP contribution is -2.47. The molecule has 8 heteroatoms. The van der Waals surface area contributed by atoms with Crippen LogP contribution in [0.4, 0.5) is 10.5 Å². The zero-order valence-corrected chi connectivity index (χ0v) is 21.0. The van der Waals surface area contributed by atoms with Crippen LogP contribution >= 0.6 is 0 Å². The Morgan fingerprint density at radius 1 is 1.00 bits per heavy atom. The highest BCUT2D eigenvalue weighted by Gasteiger charge is 2.57. The molecule has 0 aliphatic carbocycles. The summed E-state index contributed by atoms with van der Waals surface area (Å²) < 4.78 is 23.2. The zero-order valence-electron chi connectivity index (χ0n) is 21.0. The van der Waals surface area contributed by atoms with E-state index in [-0.39, 0.29) is 24.5 Å². The van der Waals surface area contributed by atoms with Crippen molar-refractivity contribution in [1.29, 1.82) is 0 Å². The number of piperidine rings is 1. The Balaban J connectivity index is 1.25. The Labute approximate surface area is 211 Å². The largest absolute Gasteiger partial charge is 0.491 e. The van der Waals surface area contributed by atoms with Gasteiger partial charge in [0, 0.05) is 37.0 Å². The summed E-state index contributed by atoms with van der Waals surface area (Å²) in [6.45, 7) is 8.75. The van der Waals surface area contributed by atoms with Crippen molar-refractivity contribution in [1.82, 2.24) is 4.90 Å². The number of hydrogen-bond donors (Lipinski definition) is 0. The molecule has 4 heterocycles. The number of benzene rings is 2. The molecule has 1 atom stereocenters. The first kappa shape index (κ1) is 23.0. The maximum Gasteiger partial charge on any atom is 0.410 e. The van der Waals surface area contributed by atoms with Crippen molar-refractivity contribution in [3.63, 3.8) is 0 Å². The van der Waals surface area contributed by atoms with Crippen LogP contribution in [-0.4, -0.2) is 62.0 Å². The molecular formula is C28H32N2O6. The van der Waals surface area contributed by atoms with E-state index in [0.717, 1.165) is 29.7 Å². The van der Waals surface area contributed by atoms with Gasteiger partial charge in [0.1, 0.15) is 36.6 Å². The molecule has 0 aromatic heterocycles. The second-order valence-electron chi connectivity index (χ2n) is 11.0. The van der Waals surface area contributed by atoms with Crippen LogP contribution in [0.1, 0.15) is 44.7 Å². The number of ether oxygens (including phenoxy) is 4. The van der Waals surface area contributed by atoms with Gasteiger partial charge in [-0.25, -0.2) is 4.79 Å². The average molecular weight is 493 g/mol. The maximum atomic E-state index is 14.2. The number of hydrogen-bond acceptors (Lipinski definition) is 6. The molecule has 2 amide bonds. The van der Waals surface area contributed by atoms with Gasteiger partial charge in [0.2, 0.25) is 5.91 Å². The van der Waals surface area contributed by atoms with Gasteiger partial charge in [-0.15, -0.1) is 0 Å². The van der Waals surface area contributed by atoms with E-state index < -0.39 is 11.0 Å². The molecule has 36 heavy (non-hydrogen) atoms. The fourth-order valence-corrected chi connectivity index (χ4v) is 5.78. The fourth-order valence-electron chi connectivity index (χ4n) is 5.78. The summed E-state index contributed by atoms with van der Waals surface area (Å²) in [5.41, 5.74) is 1.34. The summed E-state index contributed by atoms with van der Waals surface area (Å²) in [6.07, 6.45) is 1.38. The van der Waals surface area contributed by atoms with Gasteiger partial charge < -0.3 is 28.7 Å². The summed E-state index contributed by atoms with van der Waals surface area (Å²) in [7, 11) is 0. The molecule has 1 unspecified atom stereocenters. The molecule has 8 nitrogen and oxygen atoms in total. The molecule has 6 rings (SSSR count). The summed E-state index contributed by atoms with van der Waals surface area (Å²) in [6, 6.07) is 11.8. The van der Waals surface area contributed by atoms with Crippen molar-refractivity contribution in [2.75, 3.05) is 44.4 Å². The summed E-state index contributed by atoms with van der Waals surface area (Å²) in [4.78, 5) is 30.4. The Kier molecular flexibility index (Phi) is 5.32. The van der Waals surface area contributed by atoms with Gasteiger partial charge in [0.05, 0.1) is 0 Å². The highest BCUT2D eigenvalue weighted by atomic mass is 16.6. The molecule has 2 aromatic rings. The number of para-hydroxylation sites is 1. The van der Waals surface area contributed by atoms with Gasteiger partial charge in [-0.3, -0.25) is 4.79 Å². The quantitative estimate of drug-likeness (QED) is 0.628. The van der Waals surface area contributed by atoms with Gasteiger partial charge in [-0.2, -0.15) is 0 Å². The molecule has 1 saturated heterocycles. The normalized spacial score (nSPS) is 22.9. The molecule has 0 N–H and O–H groups in total. The van der Waals surface area contributed by atoms with Crippen LogP contribution in [-0.2, 0) is 14.9 Å². The third-order valence-corrected chi connectivity index (χ3v) is 7.52. The lowest BCUT2D eigenvalue weighted by Gasteiger charge is -2.35. The molecule has 0 saturated carbocycles. The predicted octanol–water partition coefficient (Wildman–Crippen LogP) is 4.13. The minimum atomic E-state index is -0.890. The van der Waals surface area contributed by atoms with Gasteiger partial charge >= 0.3 is 6.09 Å². The number of amides is 2. The van der Waals surface area contributed by atoms with Crippen molar-refractivity contribution < 1.29 is 28.5 Å². The number of nitrogens with zero attached hydrogens (tertiary/aromatic N) is 2. The molecule has 4 aliphatic heterocycles. The maximum absolute atomic E-state index is 14.2. The highest BCUT2D eigenvalue weighted by Crippen LogP contribution is 2.55. The monoisotopic (exact) mass is 492 g/mol. The van der Waals surface area contributed by atoms with Crippen molar-refractivity contribution >= 4 is 17.7 Å². The predicted molar refractivity (Wildman–Crippen MR) is 133 cm³/mol. The van der Waals surface area contributed by atoms with Crippen molar-refractivity contribution in [2.24, 2.45) is 5.92 Å². The lowest BCUT2D eigenvalue weighted by molar-refractivity contribution is -0.122. The van der Waals surface area contributed by atoms with E-state index >= 15 is 0 Å². The smallest absolute Gasteiger partial charge is 0.410 e. The van der Waals surface area contributed by atoms with Crippen LogP contribution in [0.15, 0.2) is 36.4 Å². The minimum absolute atomic E-state index is 0.0358. The van der Waals surface area contributed by atoms with Gasteiger partial charge in [0.25, 0.3) is 0 Å². The minimum Gasteiger partial charge on any atom is -0.491 e. The zero-order chi connectivity index (χ0) is 25.1. The molecule has 190 valence electrons. The first-order chi connectivity index (χ1) is 17.3. The number of carbonyl (C=O) groups is 2. The molecule has 1 fully saturated rings. The van der Waals surface area contributed by atoms with Crippen LogP contribution in [0.5, 0.6) is 17.2 Å².